The van der Waals surface area contributed by atoms with E-state index in [1.54, 1.807) is 11.8 Å². The lowest BCUT2D eigenvalue weighted by molar-refractivity contribution is 1.17. The van der Waals surface area contributed by atoms with E-state index in [4.69, 9.17) is 0 Å². The van der Waals surface area contributed by atoms with Crippen LogP contribution in [0, 0.1) is 11.8 Å². The Kier molecular flexibility index (Phi) is 3.85. The zero-order chi connectivity index (χ0) is 9.84. The molecule has 0 N–H and O–H groups in total. The smallest absolute Gasteiger partial charge is 0.0610 e. The van der Waals surface area contributed by atoms with Crippen molar-refractivity contribution in [3.8, 4) is 11.8 Å². The van der Waals surface area contributed by atoms with E-state index in [9.17, 15) is 0 Å². The lowest BCUT2D eigenvalue weighted by Gasteiger charge is -2.16. The maximum atomic E-state index is 3.91. The SMILES string of the molecule is C=PC1=C(C)SC(C#CC)=C(C)C1. The number of thioether (sulfide) groups is 1. The van der Waals surface area contributed by atoms with Gasteiger partial charge in [0.05, 0.1) is 4.91 Å². The summed E-state index contributed by atoms with van der Waals surface area (Å²) in [7, 11) is 1.15. The van der Waals surface area contributed by atoms with Crippen LogP contribution in [0.5, 0.6) is 0 Å². The summed E-state index contributed by atoms with van der Waals surface area (Å²) in [5.74, 6) is 6.10. The van der Waals surface area contributed by atoms with Crippen LogP contribution < -0.4 is 0 Å². The summed E-state index contributed by atoms with van der Waals surface area (Å²) < 4.78 is 0. The van der Waals surface area contributed by atoms with Gasteiger partial charge in [-0.1, -0.05) is 32.2 Å². The molecule has 0 unspecified atom stereocenters. The van der Waals surface area contributed by atoms with Gasteiger partial charge in [-0.15, -0.1) is 5.92 Å². The van der Waals surface area contributed by atoms with E-state index in [-0.39, 0.29) is 0 Å². The Morgan fingerprint density at radius 2 is 2.15 bits per heavy atom. The van der Waals surface area contributed by atoms with Crippen molar-refractivity contribution in [2.75, 3.05) is 0 Å². The standard InChI is InChI=1S/C11H13PS/c1-5-6-11-8(2)7-10(12-4)9(3)13-11/h4,7H2,1-3H3. The number of allylic oxidation sites excluding steroid dienone is 4. The summed E-state index contributed by atoms with van der Waals surface area (Å²) in [6.07, 6.45) is 4.96. The molecule has 0 aliphatic carbocycles. The van der Waals surface area contributed by atoms with Crippen LogP contribution in [0.1, 0.15) is 27.2 Å². The molecule has 0 bridgehead atoms. The highest BCUT2D eigenvalue weighted by molar-refractivity contribution is 8.07. The van der Waals surface area contributed by atoms with Crippen LogP contribution in [0.3, 0.4) is 0 Å². The van der Waals surface area contributed by atoms with Crippen molar-refractivity contribution in [3.05, 3.63) is 20.7 Å². The van der Waals surface area contributed by atoms with Gasteiger partial charge < -0.3 is 0 Å². The first-order valence-corrected chi connectivity index (χ1v) is 6.05. The van der Waals surface area contributed by atoms with Gasteiger partial charge in [-0.25, -0.2) is 0 Å². The van der Waals surface area contributed by atoms with E-state index >= 15 is 0 Å². The molecule has 68 valence electrons. The molecule has 1 rings (SSSR count). The Balaban J connectivity index is 2.95. The fraction of sp³-hybridized carbons (Fsp3) is 0.364. The number of hydrogen-bond donors (Lipinski definition) is 0. The van der Waals surface area contributed by atoms with Crippen molar-refractivity contribution >= 4 is 26.3 Å². The molecule has 2 heteroatoms. The van der Waals surface area contributed by atoms with Crippen LogP contribution in [0.2, 0.25) is 0 Å². The van der Waals surface area contributed by atoms with Crippen molar-refractivity contribution in [1.82, 2.24) is 0 Å². The second kappa shape index (κ2) is 4.70. The molecule has 0 atom stereocenters. The Bertz CT molecular complexity index is 350. The summed E-state index contributed by atoms with van der Waals surface area (Å²) in [4.78, 5) is 2.60. The van der Waals surface area contributed by atoms with E-state index in [1.165, 1.54) is 20.7 Å². The summed E-state index contributed by atoms with van der Waals surface area (Å²) in [6.45, 7) is 6.20. The quantitative estimate of drug-likeness (QED) is 0.463. The third-order valence-corrected chi connectivity index (χ3v) is 4.14. The molecule has 0 saturated carbocycles. The molecule has 0 spiro atoms. The molecule has 1 aliphatic rings. The van der Waals surface area contributed by atoms with Crippen LogP contribution in [0.4, 0.5) is 0 Å². The topological polar surface area (TPSA) is 0 Å². The minimum atomic E-state index is 1.05. The molecule has 0 fully saturated rings. The molecule has 0 amide bonds. The number of hydrogen-bond acceptors (Lipinski definition) is 1. The summed E-state index contributed by atoms with van der Waals surface area (Å²) in [5, 5.41) is 1.43. The maximum Gasteiger partial charge on any atom is 0.0610 e. The third kappa shape index (κ3) is 2.50. The molecule has 0 aromatic rings. The normalized spacial score (nSPS) is 17.5. The fourth-order valence-corrected chi connectivity index (χ4v) is 2.97. The van der Waals surface area contributed by atoms with Crippen LogP contribution in [-0.2, 0) is 0 Å². The Hall–Kier alpha value is -0.440. The first-order chi connectivity index (χ1) is 6.19. The van der Waals surface area contributed by atoms with Crippen molar-refractivity contribution in [3.63, 3.8) is 0 Å². The van der Waals surface area contributed by atoms with Gasteiger partial charge >= 0.3 is 0 Å². The highest BCUT2D eigenvalue weighted by atomic mass is 32.2. The molecule has 1 aliphatic heterocycles. The first kappa shape index (κ1) is 10.6. The summed E-state index contributed by atoms with van der Waals surface area (Å²) in [5.41, 5.74) is 1.39. The average Bonchev–Trinajstić information content (AvgIpc) is 2.11. The lowest BCUT2D eigenvalue weighted by atomic mass is 10.2. The summed E-state index contributed by atoms with van der Waals surface area (Å²) in [6, 6.07) is 0. The Morgan fingerprint density at radius 3 is 2.69 bits per heavy atom. The third-order valence-electron chi connectivity index (χ3n) is 1.91. The van der Waals surface area contributed by atoms with E-state index in [2.05, 4.69) is 32.0 Å². The fourth-order valence-electron chi connectivity index (χ4n) is 1.17. The molecule has 0 nitrogen and oxygen atoms in total. The van der Waals surface area contributed by atoms with Gasteiger partial charge in [0, 0.05) is 6.42 Å². The van der Waals surface area contributed by atoms with Crippen molar-refractivity contribution < 1.29 is 0 Å². The first-order valence-electron chi connectivity index (χ1n) is 4.16. The molecule has 13 heavy (non-hydrogen) atoms. The van der Waals surface area contributed by atoms with Crippen LogP contribution >= 0.6 is 20.0 Å². The molecule has 0 radical (unpaired) electrons. The molecule has 0 aromatic carbocycles. The second-order valence-electron chi connectivity index (χ2n) is 2.92. The lowest BCUT2D eigenvalue weighted by Crippen LogP contribution is -1.92. The van der Waals surface area contributed by atoms with E-state index in [1.807, 2.05) is 6.92 Å². The molecule has 0 saturated heterocycles. The number of rotatable bonds is 1. The van der Waals surface area contributed by atoms with Gasteiger partial charge in [-0.2, -0.15) is 0 Å². The van der Waals surface area contributed by atoms with Crippen LogP contribution in [-0.4, -0.2) is 6.30 Å². The van der Waals surface area contributed by atoms with Gasteiger partial charge in [0.2, 0.25) is 0 Å². The predicted molar refractivity (Wildman–Crippen MR) is 65.1 cm³/mol. The largest absolute Gasteiger partial charge is 0.101 e. The molecule has 1 heterocycles. The van der Waals surface area contributed by atoms with E-state index in [0.29, 0.717) is 0 Å². The van der Waals surface area contributed by atoms with Gasteiger partial charge in [0.1, 0.15) is 0 Å². The minimum Gasteiger partial charge on any atom is -0.101 e. The highest BCUT2D eigenvalue weighted by Crippen LogP contribution is 2.41. The molecular weight excluding hydrogens is 195 g/mol. The monoisotopic (exact) mass is 208 g/mol. The maximum absolute atomic E-state index is 3.91. The van der Waals surface area contributed by atoms with Gasteiger partial charge in [0.25, 0.3) is 0 Å². The van der Waals surface area contributed by atoms with Crippen molar-refractivity contribution in [1.29, 1.82) is 0 Å². The average molecular weight is 208 g/mol. The van der Waals surface area contributed by atoms with Gasteiger partial charge in [-0.05, 0) is 36.6 Å². The van der Waals surface area contributed by atoms with Gasteiger partial charge in [0.15, 0.2) is 0 Å². The van der Waals surface area contributed by atoms with E-state index < -0.39 is 0 Å². The van der Waals surface area contributed by atoms with Gasteiger partial charge in [-0.3, -0.25) is 0 Å². The minimum absolute atomic E-state index is 1.05. The van der Waals surface area contributed by atoms with Crippen molar-refractivity contribution in [2.24, 2.45) is 0 Å². The van der Waals surface area contributed by atoms with E-state index in [0.717, 1.165) is 14.6 Å². The second-order valence-corrected chi connectivity index (χ2v) is 5.01. The molecular formula is C11H13PS. The predicted octanol–water partition coefficient (Wildman–Crippen LogP) is 4.03. The Morgan fingerprint density at radius 1 is 1.46 bits per heavy atom. The Labute approximate surface area is 86.3 Å². The highest BCUT2D eigenvalue weighted by Gasteiger charge is 2.13. The summed E-state index contributed by atoms with van der Waals surface area (Å²) >= 11 is 1.79. The zero-order valence-corrected chi connectivity index (χ0v) is 9.98. The molecule has 0 aromatic heterocycles. The van der Waals surface area contributed by atoms with Crippen molar-refractivity contribution in [2.45, 2.75) is 27.2 Å². The van der Waals surface area contributed by atoms with Crippen LogP contribution in [0.25, 0.3) is 0 Å². The zero-order valence-electron chi connectivity index (χ0n) is 8.27. The van der Waals surface area contributed by atoms with Crippen LogP contribution in [0.15, 0.2) is 20.7 Å².